The fourth-order valence-corrected chi connectivity index (χ4v) is 1.18. The molecule has 0 spiro atoms. The Morgan fingerprint density at radius 1 is 1.47 bits per heavy atom. The summed E-state index contributed by atoms with van der Waals surface area (Å²) in [6.07, 6.45) is 0. The smallest absolute Gasteiger partial charge is 0.134 e. The van der Waals surface area contributed by atoms with Crippen molar-refractivity contribution >= 4 is 11.6 Å². The van der Waals surface area contributed by atoms with Crippen molar-refractivity contribution in [1.29, 1.82) is 0 Å². The number of aliphatic hydroxyl groups is 1. The molecule has 1 aromatic rings. The van der Waals surface area contributed by atoms with E-state index in [4.69, 9.17) is 5.11 Å². The van der Waals surface area contributed by atoms with Crippen LogP contribution < -0.4 is 10.2 Å². The summed E-state index contributed by atoms with van der Waals surface area (Å²) in [4.78, 5) is 10.6. The van der Waals surface area contributed by atoms with Crippen molar-refractivity contribution in [3.63, 3.8) is 0 Å². The van der Waals surface area contributed by atoms with Crippen molar-refractivity contribution < 1.29 is 5.11 Å². The third-order valence-corrected chi connectivity index (χ3v) is 2.11. The van der Waals surface area contributed by atoms with E-state index in [9.17, 15) is 0 Å². The average Bonchev–Trinajstić information content (AvgIpc) is 2.24. The van der Waals surface area contributed by atoms with Gasteiger partial charge in [0.1, 0.15) is 17.5 Å². The Labute approximate surface area is 90.2 Å². The quantitative estimate of drug-likeness (QED) is 0.747. The molecule has 0 saturated heterocycles. The van der Waals surface area contributed by atoms with Crippen LogP contribution in [-0.4, -0.2) is 41.8 Å². The first-order valence-electron chi connectivity index (χ1n) is 5.09. The summed E-state index contributed by atoms with van der Waals surface area (Å²) in [5, 5.41) is 11.7. The molecule has 0 radical (unpaired) electrons. The number of aromatic nitrogens is 2. The maximum Gasteiger partial charge on any atom is 0.134 e. The Bertz CT molecular complexity index is 316. The van der Waals surface area contributed by atoms with E-state index >= 15 is 0 Å². The number of rotatable bonds is 5. The molecule has 0 atom stereocenters. The van der Waals surface area contributed by atoms with Gasteiger partial charge in [0, 0.05) is 26.2 Å². The van der Waals surface area contributed by atoms with Gasteiger partial charge in [0.25, 0.3) is 0 Å². The molecule has 0 aliphatic heterocycles. The second-order valence-electron chi connectivity index (χ2n) is 3.32. The van der Waals surface area contributed by atoms with Crippen molar-refractivity contribution in [3.05, 3.63) is 11.9 Å². The first-order valence-corrected chi connectivity index (χ1v) is 5.09. The van der Waals surface area contributed by atoms with Gasteiger partial charge in [-0.2, -0.15) is 0 Å². The van der Waals surface area contributed by atoms with Crippen molar-refractivity contribution in [3.8, 4) is 0 Å². The fraction of sp³-hybridized carbons (Fsp3) is 0.600. The maximum absolute atomic E-state index is 8.71. The van der Waals surface area contributed by atoms with E-state index in [1.54, 1.807) is 0 Å². The topological polar surface area (TPSA) is 61.3 Å². The summed E-state index contributed by atoms with van der Waals surface area (Å²) in [6.45, 7) is 5.43. The van der Waals surface area contributed by atoms with Crippen LogP contribution in [-0.2, 0) is 0 Å². The van der Waals surface area contributed by atoms with Crippen LogP contribution in [0.15, 0.2) is 6.07 Å². The summed E-state index contributed by atoms with van der Waals surface area (Å²) in [6, 6.07) is 1.88. The van der Waals surface area contributed by atoms with Crippen molar-refractivity contribution in [2.45, 2.75) is 13.8 Å². The Hall–Kier alpha value is -1.36. The number of hydrogen-bond donors (Lipinski definition) is 2. The third-order valence-electron chi connectivity index (χ3n) is 2.11. The van der Waals surface area contributed by atoms with Crippen molar-refractivity contribution in [2.24, 2.45) is 0 Å². The van der Waals surface area contributed by atoms with Crippen LogP contribution in [0.5, 0.6) is 0 Å². The highest BCUT2D eigenvalue weighted by Gasteiger charge is 2.04. The molecular formula is C10H18N4O. The lowest BCUT2D eigenvalue weighted by atomic mass is 10.4. The average molecular weight is 210 g/mol. The highest BCUT2D eigenvalue weighted by molar-refractivity contribution is 5.48. The Balaban J connectivity index is 2.84. The monoisotopic (exact) mass is 210 g/mol. The van der Waals surface area contributed by atoms with E-state index in [-0.39, 0.29) is 6.61 Å². The van der Waals surface area contributed by atoms with Crippen molar-refractivity contribution in [1.82, 2.24) is 9.97 Å². The van der Waals surface area contributed by atoms with E-state index < -0.39 is 0 Å². The maximum atomic E-state index is 8.71. The summed E-state index contributed by atoms with van der Waals surface area (Å²) >= 11 is 0. The molecule has 0 amide bonds. The molecule has 0 unspecified atom stereocenters. The predicted molar refractivity (Wildman–Crippen MR) is 61.3 cm³/mol. The molecule has 0 saturated carbocycles. The molecule has 5 heteroatoms. The molecule has 0 aliphatic carbocycles. The van der Waals surface area contributed by atoms with Gasteiger partial charge in [0.2, 0.25) is 0 Å². The molecule has 5 nitrogen and oxygen atoms in total. The number of nitrogens with one attached hydrogen (secondary N) is 1. The summed E-state index contributed by atoms with van der Waals surface area (Å²) < 4.78 is 0. The minimum absolute atomic E-state index is 0.0992. The van der Waals surface area contributed by atoms with E-state index in [2.05, 4.69) is 22.2 Å². The van der Waals surface area contributed by atoms with Gasteiger partial charge in [-0.1, -0.05) is 0 Å². The molecule has 2 N–H and O–H groups in total. The van der Waals surface area contributed by atoms with E-state index in [1.165, 1.54) is 0 Å². The normalized spacial score (nSPS) is 10.1. The lowest BCUT2D eigenvalue weighted by Crippen LogP contribution is -2.18. The number of anilines is 2. The molecule has 0 aliphatic rings. The third kappa shape index (κ3) is 3.36. The Morgan fingerprint density at radius 3 is 2.80 bits per heavy atom. The summed E-state index contributed by atoms with van der Waals surface area (Å²) in [7, 11) is 1.98. The van der Waals surface area contributed by atoms with E-state index in [1.807, 2.05) is 24.9 Å². The second-order valence-corrected chi connectivity index (χ2v) is 3.32. The fourth-order valence-electron chi connectivity index (χ4n) is 1.18. The van der Waals surface area contributed by atoms with Gasteiger partial charge in [-0.25, -0.2) is 9.97 Å². The minimum atomic E-state index is 0.0992. The largest absolute Gasteiger partial charge is 0.395 e. The Morgan fingerprint density at radius 2 is 2.20 bits per heavy atom. The first-order chi connectivity index (χ1) is 7.17. The molecule has 0 aromatic carbocycles. The van der Waals surface area contributed by atoms with Gasteiger partial charge < -0.3 is 15.3 Å². The number of nitrogens with zero attached hydrogens (tertiary/aromatic N) is 3. The lowest BCUT2D eigenvalue weighted by Gasteiger charge is -2.16. The van der Waals surface area contributed by atoms with Gasteiger partial charge in [0.15, 0.2) is 0 Å². The van der Waals surface area contributed by atoms with Gasteiger partial charge in [-0.15, -0.1) is 0 Å². The molecule has 15 heavy (non-hydrogen) atoms. The molecule has 1 rings (SSSR count). The minimum Gasteiger partial charge on any atom is -0.395 e. The predicted octanol–water partition coefficient (Wildman–Crippen LogP) is 0.645. The van der Waals surface area contributed by atoms with E-state index in [0.29, 0.717) is 6.54 Å². The number of hydrogen-bond acceptors (Lipinski definition) is 5. The van der Waals surface area contributed by atoms with Gasteiger partial charge >= 0.3 is 0 Å². The zero-order chi connectivity index (χ0) is 11.3. The highest BCUT2D eigenvalue weighted by Crippen LogP contribution is 2.13. The molecule has 1 aromatic heterocycles. The van der Waals surface area contributed by atoms with E-state index in [0.717, 1.165) is 24.0 Å². The Kier molecular flexibility index (Phi) is 4.30. The highest BCUT2D eigenvalue weighted by atomic mass is 16.3. The van der Waals surface area contributed by atoms with Crippen LogP contribution in [0.2, 0.25) is 0 Å². The molecule has 0 bridgehead atoms. The zero-order valence-corrected chi connectivity index (χ0v) is 9.49. The van der Waals surface area contributed by atoms with Crippen LogP contribution in [0.4, 0.5) is 11.6 Å². The molecular weight excluding hydrogens is 192 g/mol. The summed E-state index contributed by atoms with van der Waals surface area (Å²) in [5.41, 5.74) is 0. The lowest BCUT2D eigenvalue weighted by molar-refractivity contribution is 0.311. The first kappa shape index (κ1) is 11.7. The van der Waals surface area contributed by atoms with Crippen LogP contribution in [0.25, 0.3) is 0 Å². The van der Waals surface area contributed by atoms with Gasteiger partial charge in [-0.3, -0.25) is 0 Å². The zero-order valence-electron chi connectivity index (χ0n) is 9.49. The summed E-state index contributed by atoms with van der Waals surface area (Å²) in [5.74, 6) is 2.38. The standard InChI is InChI=1S/C10H18N4O/c1-4-14(3)10-7-9(11-5-6-15)12-8(2)13-10/h7,15H,4-6H2,1-3H3,(H,11,12,13). The molecule has 84 valence electrons. The van der Waals surface area contributed by atoms with Gasteiger partial charge in [0.05, 0.1) is 6.61 Å². The SMILES string of the molecule is CCN(C)c1cc(NCCO)nc(C)n1. The number of aryl methyl sites for hydroxylation is 1. The van der Waals surface area contributed by atoms with Gasteiger partial charge in [-0.05, 0) is 13.8 Å². The van der Waals surface area contributed by atoms with Crippen molar-refractivity contribution in [2.75, 3.05) is 37.0 Å². The number of aliphatic hydroxyl groups excluding tert-OH is 1. The van der Waals surface area contributed by atoms with Crippen LogP contribution in [0.3, 0.4) is 0 Å². The molecule has 0 fully saturated rings. The second kappa shape index (κ2) is 5.50. The molecule has 1 heterocycles. The van der Waals surface area contributed by atoms with Crippen LogP contribution in [0.1, 0.15) is 12.7 Å². The van der Waals surface area contributed by atoms with Crippen LogP contribution >= 0.6 is 0 Å². The van der Waals surface area contributed by atoms with Crippen LogP contribution in [0, 0.1) is 6.92 Å².